The molecule has 15 heavy (non-hydrogen) atoms. The Kier molecular flexibility index (Phi) is 1.89. The van der Waals surface area contributed by atoms with Crippen molar-refractivity contribution in [2.45, 2.75) is 18.4 Å². The average Bonchev–Trinajstić information content (AvgIpc) is 2.87. The van der Waals surface area contributed by atoms with Crippen LogP contribution in [0, 0.1) is 0 Å². The van der Waals surface area contributed by atoms with Gasteiger partial charge in [0.25, 0.3) is 0 Å². The molecular weight excluding hydrogens is 206 g/mol. The van der Waals surface area contributed by atoms with E-state index in [0.29, 0.717) is 0 Å². The van der Waals surface area contributed by atoms with Crippen LogP contribution in [0.2, 0.25) is 5.02 Å². The standard InChI is InChI=1S/C13H12ClN/c14-12-5-3-4-11(10-12)13(6-7-13)15-8-1-2-9-15/h1-5,8-10H,6-7H2. The second-order valence-electron chi connectivity index (χ2n) is 4.13. The molecule has 0 N–H and O–H groups in total. The monoisotopic (exact) mass is 217 g/mol. The molecule has 0 bridgehead atoms. The van der Waals surface area contributed by atoms with Gasteiger partial charge in [0.05, 0.1) is 5.54 Å². The maximum Gasteiger partial charge on any atom is 0.0693 e. The molecule has 1 fully saturated rings. The molecule has 0 atom stereocenters. The molecule has 1 aromatic heterocycles. The van der Waals surface area contributed by atoms with Crippen LogP contribution in [0.25, 0.3) is 0 Å². The van der Waals surface area contributed by atoms with Crippen LogP contribution in [-0.4, -0.2) is 4.57 Å². The predicted octanol–water partition coefficient (Wildman–Crippen LogP) is 3.68. The molecule has 1 nitrogen and oxygen atoms in total. The number of hydrogen-bond donors (Lipinski definition) is 0. The maximum atomic E-state index is 6.03. The first-order chi connectivity index (χ1) is 7.31. The Morgan fingerprint density at radius 1 is 1.07 bits per heavy atom. The Morgan fingerprint density at radius 2 is 1.80 bits per heavy atom. The van der Waals surface area contributed by atoms with Crippen molar-refractivity contribution in [2.24, 2.45) is 0 Å². The number of aromatic nitrogens is 1. The van der Waals surface area contributed by atoms with Gasteiger partial charge in [-0.1, -0.05) is 23.7 Å². The summed E-state index contributed by atoms with van der Waals surface area (Å²) in [4.78, 5) is 0. The number of rotatable bonds is 2. The lowest BCUT2D eigenvalue weighted by Crippen LogP contribution is -2.16. The summed E-state index contributed by atoms with van der Waals surface area (Å²) in [6, 6.07) is 12.3. The van der Waals surface area contributed by atoms with Crippen LogP contribution in [-0.2, 0) is 5.54 Å². The highest BCUT2D eigenvalue weighted by Gasteiger charge is 2.45. The van der Waals surface area contributed by atoms with Crippen LogP contribution in [0.3, 0.4) is 0 Å². The van der Waals surface area contributed by atoms with Crippen molar-refractivity contribution in [1.29, 1.82) is 0 Å². The van der Waals surface area contributed by atoms with Gasteiger partial charge in [-0.15, -0.1) is 0 Å². The van der Waals surface area contributed by atoms with Crippen molar-refractivity contribution in [1.82, 2.24) is 4.57 Å². The van der Waals surface area contributed by atoms with Gasteiger partial charge in [0.1, 0.15) is 0 Å². The van der Waals surface area contributed by atoms with E-state index in [0.717, 1.165) is 5.02 Å². The van der Waals surface area contributed by atoms with E-state index in [4.69, 9.17) is 11.6 Å². The summed E-state index contributed by atoms with van der Waals surface area (Å²) in [5.41, 5.74) is 1.51. The Morgan fingerprint density at radius 3 is 2.40 bits per heavy atom. The Balaban J connectivity index is 2.07. The summed E-state index contributed by atoms with van der Waals surface area (Å²) in [5, 5.41) is 0.825. The van der Waals surface area contributed by atoms with Gasteiger partial charge in [0.2, 0.25) is 0 Å². The Labute approximate surface area is 94.3 Å². The Bertz CT molecular complexity index is 469. The van der Waals surface area contributed by atoms with E-state index in [1.165, 1.54) is 18.4 Å². The summed E-state index contributed by atoms with van der Waals surface area (Å²) in [7, 11) is 0. The molecule has 1 aliphatic carbocycles. The highest BCUT2D eigenvalue weighted by atomic mass is 35.5. The smallest absolute Gasteiger partial charge is 0.0693 e. The maximum absolute atomic E-state index is 6.03. The SMILES string of the molecule is Clc1cccc(C2(n3cccc3)CC2)c1. The van der Waals surface area contributed by atoms with Gasteiger partial charge in [-0.25, -0.2) is 0 Å². The second-order valence-corrected chi connectivity index (χ2v) is 4.57. The highest BCUT2D eigenvalue weighted by Crippen LogP contribution is 2.49. The van der Waals surface area contributed by atoms with E-state index < -0.39 is 0 Å². The summed E-state index contributed by atoms with van der Waals surface area (Å²) in [5.74, 6) is 0. The van der Waals surface area contributed by atoms with Gasteiger partial charge in [0, 0.05) is 17.4 Å². The first-order valence-corrected chi connectivity index (χ1v) is 5.59. The normalized spacial score (nSPS) is 17.7. The molecule has 1 saturated carbocycles. The second kappa shape index (κ2) is 3.14. The van der Waals surface area contributed by atoms with Crippen molar-refractivity contribution >= 4 is 11.6 Å². The molecule has 0 saturated heterocycles. The van der Waals surface area contributed by atoms with Crippen LogP contribution in [0.4, 0.5) is 0 Å². The zero-order valence-electron chi connectivity index (χ0n) is 8.36. The minimum atomic E-state index is 0.189. The molecule has 3 rings (SSSR count). The molecular formula is C13H12ClN. The lowest BCUT2D eigenvalue weighted by molar-refractivity contribution is 0.577. The van der Waals surface area contributed by atoms with Crippen LogP contribution >= 0.6 is 11.6 Å². The van der Waals surface area contributed by atoms with Crippen LogP contribution in [0.15, 0.2) is 48.8 Å². The third-order valence-corrected chi connectivity index (χ3v) is 3.42. The van der Waals surface area contributed by atoms with E-state index >= 15 is 0 Å². The molecule has 0 amide bonds. The minimum absolute atomic E-state index is 0.189. The fourth-order valence-corrected chi connectivity index (χ4v) is 2.40. The molecule has 1 heterocycles. The predicted molar refractivity (Wildman–Crippen MR) is 62.2 cm³/mol. The van der Waals surface area contributed by atoms with Gasteiger partial charge < -0.3 is 4.57 Å². The molecule has 2 aromatic rings. The van der Waals surface area contributed by atoms with Crippen molar-refractivity contribution in [3.63, 3.8) is 0 Å². The molecule has 0 aliphatic heterocycles. The number of hydrogen-bond acceptors (Lipinski definition) is 0. The molecule has 0 radical (unpaired) electrons. The van der Waals surface area contributed by atoms with E-state index in [9.17, 15) is 0 Å². The van der Waals surface area contributed by atoms with E-state index in [1.807, 2.05) is 12.1 Å². The van der Waals surface area contributed by atoms with Gasteiger partial charge in [-0.3, -0.25) is 0 Å². The fraction of sp³-hybridized carbons (Fsp3) is 0.231. The lowest BCUT2D eigenvalue weighted by atomic mass is 10.1. The highest BCUT2D eigenvalue weighted by molar-refractivity contribution is 6.30. The summed E-state index contributed by atoms with van der Waals surface area (Å²) in [6.45, 7) is 0. The molecule has 0 unspecified atom stereocenters. The summed E-state index contributed by atoms with van der Waals surface area (Å²) >= 11 is 6.03. The van der Waals surface area contributed by atoms with E-state index in [2.05, 4.69) is 41.2 Å². The zero-order chi connectivity index (χ0) is 10.3. The molecule has 0 spiro atoms. The molecule has 1 aromatic carbocycles. The van der Waals surface area contributed by atoms with Crippen molar-refractivity contribution in [3.05, 3.63) is 59.4 Å². The van der Waals surface area contributed by atoms with Crippen LogP contribution in [0.5, 0.6) is 0 Å². The molecule has 1 aliphatic rings. The van der Waals surface area contributed by atoms with E-state index in [-0.39, 0.29) is 5.54 Å². The number of nitrogens with zero attached hydrogens (tertiary/aromatic N) is 1. The van der Waals surface area contributed by atoms with Crippen molar-refractivity contribution in [2.75, 3.05) is 0 Å². The van der Waals surface area contributed by atoms with Crippen LogP contribution < -0.4 is 0 Å². The average molecular weight is 218 g/mol. The summed E-state index contributed by atoms with van der Waals surface area (Å²) in [6.07, 6.45) is 6.69. The summed E-state index contributed by atoms with van der Waals surface area (Å²) < 4.78 is 2.29. The Hall–Kier alpha value is -1.21. The lowest BCUT2D eigenvalue weighted by Gasteiger charge is -2.18. The van der Waals surface area contributed by atoms with Crippen LogP contribution in [0.1, 0.15) is 18.4 Å². The molecule has 76 valence electrons. The third kappa shape index (κ3) is 1.38. The zero-order valence-corrected chi connectivity index (χ0v) is 9.11. The fourth-order valence-electron chi connectivity index (χ4n) is 2.21. The van der Waals surface area contributed by atoms with E-state index in [1.54, 1.807) is 0 Å². The van der Waals surface area contributed by atoms with Crippen molar-refractivity contribution in [3.8, 4) is 0 Å². The largest absolute Gasteiger partial charge is 0.344 e. The van der Waals surface area contributed by atoms with Gasteiger partial charge >= 0.3 is 0 Å². The number of halogens is 1. The van der Waals surface area contributed by atoms with Gasteiger partial charge in [-0.05, 0) is 42.7 Å². The quantitative estimate of drug-likeness (QED) is 0.723. The van der Waals surface area contributed by atoms with Gasteiger partial charge in [0.15, 0.2) is 0 Å². The minimum Gasteiger partial charge on any atom is -0.344 e. The first-order valence-electron chi connectivity index (χ1n) is 5.21. The first kappa shape index (κ1) is 9.05. The molecule has 2 heteroatoms. The topological polar surface area (TPSA) is 4.93 Å². The third-order valence-electron chi connectivity index (χ3n) is 3.18. The van der Waals surface area contributed by atoms with Gasteiger partial charge in [-0.2, -0.15) is 0 Å². The van der Waals surface area contributed by atoms with Crippen molar-refractivity contribution < 1.29 is 0 Å². The number of benzene rings is 1.